The van der Waals surface area contributed by atoms with E-state index in [2.05, 4.69) is 15.7 Å². The highest BCUT2D eigenvalue weighted by atomic mass is 35.5. The zero-order chi connectivity index (χ0) is 20.1. The molecule has 4 rings (SSSR count). The Bertz CT molecular complexity index is 974. The second kappa shape index (κ2) is 8.87. The third kappa shape index (κ3) is 5.00. The Labute approximate surface area is 173 Å². The number of fused-ring (bicyclic) bond motifs is 1. The Morgan fingerprint density at radius 2 is 1.76 bits per heavy atom. The van der Waals surface area contributed by atoms with Crippen molar-refractivity contribution in [1.29, 1.82) is 0 Å². The van der Waals surface area contributed by atoms with Crippen LogP contribution in [0.1, 0.15) is 16.7 Å². The van der Waals surface area contributed by atoms with Gasteiger partial charge in [-0.15, -0.1) is 0 Å². The van der Waals surface area contributed by atoms with Crippen molar-refractivity contribution >= 4 is 17.6 Å². The summed E-state index contributed by atoms with van der Waals surface area (Å²) < 4.78 is 12.9. The predicted octanol–water partition coefficient (Wildman–Crippen LogP) is 3.36. The Morgan fingerprint density at radius 3 is 2.52 bits per heavy atom. The van der Waals surface area contributed by atoms with Crippen molar-refractivity contribution in [2.45, 2.75) is 19.6 Å². The van der Waals surface area contributed by atoms with Gasteiger partial charge >= 0.3 is 6.03 Å². The molecule has 7 nitrogen and oxygen atoms in total. The number of halogens is 1. The summed E-state index contributed by atoms with van der Waals surface area (Å²) in [4.78, 5) is 12.1. The normalized spacial score (nSPS) is 12.4. The molecule has 0 saturated carbocycles. The van der Waals surface area contributed by atoms with Crippen molar-refractivity contribution in [3.05, 3.63) is 76.6 Å². The molecule has 0 bridgehead atoms. The molecule has 2 amide bonds. The van der Waals surface area contributed by atoms with Crippen LogP contribution in [0.5, 0.6) is 11.5 Å². The topological polar surface area (TPSA) is 77.4 Å². The summed E-state index contributed by atoms with van der Waals surface area (Å²) in [5.74, 6) is 1.17. The number of hydrogen-bond donors (Lipinski definition) is 2. The minimum Gasteiger partial charge on any atom is -0.486 e. The SMILES string of the molecule is O=C(NCc1ccc(Cn2cccn2)cc1)NCc1cc(Cl)c2c(c1)OCCO2. The molecule has 29 heavy (non-hydrogen) atoms. The Balaban J connectivity index is 1.25. The van der Waals surface area contributed by atoms with E-state index in [4.69, 9.17) is 21.1 Å². The van der Waals surface area contributed by atoms with Gasteiger partial charge in [-0.2, -0.15) is 5.10 Å². The van der Waals surface area contributed by atoms with Crippen LogP contribution in [0.15, 0.2) is 54.9 Å². The van der Waals surface area contributed by atoms with Crippen molar-refractivity contribution in [2.75, 3.05) is 13.2 Å². The smallest absolute Gasteiger partial charge is 0.315 e. The maximum atomic E-state index is 12.1. The summed E-state index contributed by atoms with van der Waals surface area (Å²) in [5, 5.41) is 10.4. The molecule has 0 radical (unpaired) electrons. The third-order valence-electron chi connectivity index (χ3n) is 4.49. The highest BCUT2D eigenvalue weighted by Crippen LogP contribution is 2.38. The van der Waals surface area contributed by atoms with Gasteiger partial charge in [0.1, 0.15) is 13.2 Å². The maximum absolute atomic E-state index is 12.1. The van der Waals surface area contributed by atoms with Crippen LogP contribution in [-0.4, -0.2) is 29.0 Å². The van der Waals surface area contributed by atoms with Crippen LogP contribution >= 0.6 is 11.6 Å². The van der Waals surface area contributed by atoms with E-state index < -0.39 is 0 Å². The number of amides is 2. The van der Waals surface area contributed by atoms with Crippen LogP contribution in [0.25, 0.3) is 0 Å². The molecule has 3 aromatic rings. The Kier molecular flexibility index (Phi) is 5.86. The third-order valence-corrected chi connectivity index (χ3v) is 4.77. The minimum atomic E-state index is -0.253. The lowest BCUT2D eigenvalue weighted by molar-refractivity contribution is 0.171. The van der Waals surface area contributed by atoms with Crippen molar-refractivity contribution in [2.24, 2.45) is 0 Å². The summed E-state index contributed by atoms with van der Waals surface area (Å²) in [5.41, 5.74) is 3.02. The van der Waals surface area contributed by atoms with E-state index in [-0.39, 0.29) is 6.03 Å². The number of rotatable bonds is 6. The van der Waals surface area contributed by atoms with E-state index in [0.29, 0.717) is 42.8 Å². The van der Waals surface area contributed by atoms with Gasteiger partial charge in [-0.05, 0) is 34.9 Å². The first-order valence-corrected chi connectivity index (χ1v) is 9.70. The molecule has 1 aliphatic heterocycles. The molecule has 0 atom stereocenters. The molecule has 8 heteroatoms. The summed E-state index contributed by atoms with van der Waals surface area (Å²) in [6.45, 7) is 2.47. The lowest BCUT2D eigenvalue weighted by atomic mass is 10.1. The monoisotopic (exact) mass is 412 g/mol. The fourth-order valence-corrected chi connectivity index (χ4v) is 3.32. The number of carbonyl (C=O) groups excluding carboxylic acids is 1. The van der Waals surface area contributed by atoms with Gasteiger partial charge in [0.05, 0.1) is 11.6 Å². The van der Waals surface area contributed by atoms with Gasteiger partial charge in [0, 0.05) is 25.5 Å². The molecule has 0 unspecified atom stereocenters. The van der Waals surface area contributed by atoms with Crippen molar-refractivity contribution in [3.8, 4) is 11.5 Å². The average Bonchev–Trinajstić information content (AvgIpc) is 3.25. The molecular weight excluding hydrogens is 392 g/mol. The Hall–Kier alpha value is -3.19. The summed E-state index contributed by atoms with van der Waals surface area (Å²) in [6.07, 6.45) is 3.69. The molecule has 1 aromatic heterocycles. The van der Waals surface area contributed by atoms with Gasteiger partial charge in [0.25, 0.3) is 0 Å². The maximum Gasteiger partial charge on any atom is 0.315 e. The minimum absolute atomic E-state index is 0.253. The number of carbonyl (C=O) groups is 1. The van der Waals surface area contributed by atoms with Gasteiger partial charge < -0.3 is 20.1 Å². The average molecular weight is 413 g/mol. The second-order valence-corrected chi connectivity index (χ2v) is 7.07. The van der Waals surface area contributed by atoms with E-state index in [1.54, 1.807) is 12.3 Å². The number of nitrogens with one attached hydrogen (secondary N) is 2. The van der Waals surface area contributed by atoms with Crippen LogP contribution in [-0.2, 0) is 19.6 Å². The number of nitrogens with zero attached hydrogens (tertiary/aromatic N) is 2. The standard InChI is InChI=1S/C21H21ClN4O3/c22-18-10-17(11-19-20(18)29-9-8-28-19)13-24-21(27)23-12-15-2-4-16(5-3-15)14-26-7-1-6-25-26/h1-7,10-11H,8-9,12-14H2,(H2,23,24,27). The molecule has 2 heterocycles. The van der Waals surface area contributed by atoms with Gasteiger partial charge in [0.15, 0.2) is 11.5 Å². The zero-order valence-electron chi connectivity index (χ0n) is 15.7. The van der Waals surface area contributed by atoms with E-state index in [0.717, 1.165) is 23.2 Å². The molecule has 0 saturated heterocycles. The number of aromatic nitrogens is 2. The highest BCUT2D eigenvalue weighted by Gasteiger charge is 2.16. The lowest BCUT2D eigenvalue weighted by Crippen LogP contribution is -2.34. The van der Waals surface area contributed by atoms with E-state index in [9.17, 15) is 4.79 Å². The van der Waals surface area contributed by atoms with Crippen LogP contribution in [0.4, 0.5) is 4.79 Å². The molecule has 1 aliphatic rings. The molecule has 0 aliphatic carbocycles. The first-order chi connectivity index (χ1) is 14.2. The largest absolute Gasteiger partial charge is 0.486 e. The van der Waals surface area contributed by atoms with E-state index in [1.165, 1.54) is 0 Å². The lowest BCUT2D eigenvalue weighted by Gasteiger charge is -2.20. The van der Waals surface area contributed by atoms with E-state index >= 15 is 0 Å². The molecule has 150 valence electrons. The van der Waals surface area contributed by atoms with Crippen LogP contribution < -0.4 is 20.1 Å². The first kappa shape index (κ1) is 19.1. The molecule has 0 fully saturated rings. The number of benzene rings is 2. The quantitative estimate of drug-likeness (QED) is 0.650. The Morgan fingerprint density at radius 1 is 1.03 bits per heavy atom. The zero-order valence-corrected chi connectivity index (χ0v) is 16.5. The molecule has 2 aromatic carbocycles. The first-order valence-electron chi connectivity index (χ1n) is 9.32. The fourth-order valence-electron chi connectivity index (χ4n) is 3.04. The molecular formula is C21H21ClN4O3. The van der Waals surface area contributed by atoms with Gasteiger partial charge in [-0.3, -0.25) is 4.68 Å². The van der Waals surface area contributed by atoms with Crippen LogP contribution in [0, 0.1) is 0 Å². The summed E-state index contributed by atoms with van der Waals surface area (Å²) in [7, 11) is 0. The van der Waals surface area contributed by atoms with E-state index in [1.807, 2.05) is 47.3 Å². The number of urea groups is 1. The number of ether oxygens (including phenoxy) is 2. The van der Waals surface area contributed by atoms with Crippen LogP contribution in [0.3, 0.4) is 0 Å². The highest BCUT2D eigenvalue weighted by molar-refractivity contribution is 6.32. The molecule has 0 spiro atoms. The van der Waals surface area contributed by atoms with Crippen molar-refractivity contribution < 1.29 is 14.3 Å². The summed E-state index contributed by atoms with van der Waals surface area (Å²) >= 11 is 6.22. The van der Waals surface area contributed by atoms with Gasteiger partial charge in [0.2, 0.25) is 0 Å². The second-order valence-electron chi connectivity index (χ2n) is 6.66. The summed E-state index contributed by atoms with van der Waals surface area (Å²) in [6, 6.07) is 13.3. The number of hydrogen-bond acceptors (Lipinski definition) is 4. The fraction of sp³-hybridized carbons (Fsp3) is 0.238. The molecule has 2 N–H and O–H groups in total. The van der Waals surface area contributed by atoms with Gasteiger partial charge in [-0.1, -0.05) is 35.9 Å². The van der Waals surface area contributed by atoms with Crippen molar-refractivity contribution in [3.63, 3.8) is 0 Å². The van der Waals surface area contributed by atoms with Crippen molar-refractivity contribution in [1.82, 2.24) is 20.4 Å². The predicted molar refractivity (Wildman–Crippen MR) is 109 cm³/mol. The van der Waals surface area contributed by atoms with Crippen LogP contribution in [0.2, 0.25) is 5.02 Å². The van der Waals surface area contributed by atoms with Gasteiger partial charge in [-0.25, -0.2) is 4.79 Å².